The Hall–Kier alpha value is -2.11. The predicted octanol–water partition coefficient (Wildman–Crippen LogP) is 1.36. The molecular weight excluding hydrogens is 260 g/mol. The fourth-order valence-electron chi connectivity index (χ4n) is 1.80. The smallest absolute Gasteiger partial charge is 0.337 e. The van der Waals surface area contributed by atoms with Gasteiger partial charge in [-0.15, -0.1) is 0 Å². The van der Waals surface area contributed by atoms with Crippen LogP contribution in [0, 0.1) is 0 Å². The van der Waals surface area contributed by atoms with E-state index in [4.69, 9.17) is 9.84 Å². The summed E-state index contributed by atoms with van der Waals surface area (Å²) in [5, 5.41) is 19.7. The fraction of sp³-hybridized carbons (Fsp3) is 0.267. The molecule has 2 aromatic carbocycles. The maximum atomic E-state index is 11.4. The first-order valence-electron chi connectivity index (χ1n) is 6.18. The molecule has 0 aliphatic carbocycles. The summed E-state index contributed by atoms with van der Waals surface area (Å²) in [6.45, 7) is -0.307. The lowest BCUT2D eigenvalue weighted by molar-refractivity contribution is 0.0536. The molecule has 5 nitrogen and oxygen atoms in total. The Morgan fingerprint density at radius 3 is 2.60 bits per heavy atom. The zero-order valence-corrected chi connectivity index (χ0v) is 11.1. The normalized spacial score (nSPS) is 12.2. The molecule has 0 heterocycles. The van der Waals surface area contributed by atoms with Crippen LogP contribution in [0.3, 0.4) is 0 Å². The SMILES string of the molecule is COC(=O)c1ccc2cc(OC[C@@H](O)CO)ccc2c1. The molecular formula is C15H16O5. The molecule has 0 saturated heterocycles. The van der Waals surface area contributed by atoms with Gasteiger partial charge < -0.3 is 19.7 Å². The van der Waals surface area contributed by atoms with Crippen molar-refractivity contribution in [2.75, 3.05) is 20.3 Å². The molecule has 0 saturated carbocycles. The number of esters is 1. The number of hydrogen-bond donors (Lipinski definition) is 2. The van der Waals surface area contributed by atoms with Crippen LogP contribution >= 0.6 is 0 Å². The average molecular weight is 276 g/mol. The minimum atomic E-state index is -0.896. The quantitative estimate of drug-likeness (QED) is 0.806. The van der Waals surface area contributed by atoms with Crippen molar-refractivity contribution in [1.29, 1.82) is 0 Å². The van der Waals surface area contributed by atoms with Gasteiger partial charge in [-0.2, -0.15) is 0 Å². The van der Waals surface area contributed by atoms with Crippen LogP contribution < -0.4 is 4.74 Å². The minimum Gasteiger partial charge on any atom is -0.491 e. The van der Waals surface area contributed by atoms with E-state index in [1.165, 1.54) is 7.11 Å². The predicted molar refractivity (Wildman–Crippen MR) is 73.9 cm³/mol. The number of carbonyl (C=O) groups excluding carboxylic acids is 1. The van der Waals surface area contributed by atoms with Crippen molar-refractivity contribution >= 4 is 16.7 Å². The van der Waals surface area contributed by atoms with Gasteiger partial charge in [0.2, 0.25) is 0 Å². The molecule has 20 heavy (non-hydrogen) atoms. The van der Waals surface area contributed by atoms with Crippen molar-refractivity contribution in [1.82, 2.24) is 0 Å². The van der Waals surface area contributed by atoms with Gasteiger partial charge in [-0.25, -0.2) is 4.79 Å². The zero-order chi connectivity index (χ0) is 14.5. The second-order valence-electron chi connectivity index (χ2n) is 4.36. The fourth-order valence-corrected chi connectivity index (χ4v) is 1.80. The largest absolute Gasteiger partial charge is 0.491 e. The first-order chi connectivity index (χ1) is 9.63. The van der Waals surface area contributed by atoms with Crippen molar-refractivity contribution in [3.05, 3.63) is 42.0 Å². The summed E-state index contributed by atoms with van der Waals surface area (Å²) < 4.78 is 10.0. The van der Waals surface area contributed by atoms with Crippen LogP contribution in [0.15, 0.2) is 36.4 Å². The Kier molecular flexibility index (Phi) is 4.55. The van der Waals surface area contributed by atoms with Gasteiger partial charge in [-0.3, -0.25) is 0 Å². The van der Waals surface area contributed by atoms with E-state index in [0.717, 1.165) is 10.8 Å². The zero-order valence-electron chi connectivity index (χ0n) is 11.1. The molecule has 0 bridgehead atoms. The highest BCUT2D eigenvalue weighted by atomic mass is 16.5. The molecule has 0 unspecified atom stereocenters. The van der Waals surface area contributed by atoms with Gasteiger partial charge in [0.05, 0.1) is 19.3 Å². The highest BCUT2D eigenvalue weighted by Gasteiger charge is 2.07. The van der Waals surface area contributed by atoms with Gasteiger partial charge in [0.1, 0.15) is 18.5 Å². The number of methoxy groups -OCH3 is 1. The number of rotatable bonds is 5. The van der Waals surface area contributed by atoms with E-state index in [9.17, 15) is 9.90 Å². The Balaban J connectivity index is 2.20. The van der Waals surface area contributed by atoms with Gasteiger partial charge in [-0.05, 0) is 35.0 Å². The van der Waals surface area contributed by atoms with Crippen LogP contribution in [-0.2, 0) is 4.74 Å². The molecule has 1 atom stereocenters. The third kappa shape index (κ3) is 3.26. The number of aliphatic hydroxyl groups excluding tert-OH is 2. The molecule has 0 aliphatic heterocycles. The highest BCUT2D eigenvalue weighted by molar-refractivity contribution is 5.95. The lowest BCUT2D eigenvalue weighted by Crippen LogP contribution is -2.21. The number of ether oxygens (including phenoxy) is 2. The number of aliphatic hydroxyl groups is 2. The van der Waals surface area contributed by atoms with E-state index in [2.05, 4.69) is 4.74 Å². The summed E-state index contributed by atoms with van der Waals surface area (Å²) in [4.78, 5) is 11.4. The van der Waals surface area contributed by atoms with Crippen molar-refractivity contribution in [2.45, 2.75) is 6.10 Å². The summed E-state index contributed by atoms with van der Waals surface area (Å²) in [7, 11) is 1.34. The van der Waals surface area contributed by atoms with E-state index in [1.807, 2.05) is 6.07 Å². The van der Waals surface area contributed by atoms with E-state index in [0.29, 0.717) is 11.3 Å². The maximum Gasteiger partial charge on any atom is 0.337 e. The standard InChI is InChI=1S/C15H16O5/c1-19-15(18)12-3-2-11-7-14(5-4-10(11)6-12)20-9-13(17)8-16/h2-7,13,16-17H,8-9H2,1H3/t13-/m0/s1. The summed E-state index contributed by atoms with van der Waals surface area (Å²) in [6.07, 6.45) is -0.896. The molecule has 0 radical (unpaired) electrons. The van der Waals surface area contributed by atoms with E-state index >= 15 is 0 Å². The summed E-state index contributed by atoms with van der Waals surface area (Å²) >= 11 is 0. The molecule has 0 fully saturated rings. The van der Waals surface area contributed by atoms with Crippen LogP contribution in [0.4, 0.5) is 0 Å². The lowest BCUT2D eigenvalue weighted by Gasteiger charge is -2.10. The first-order valence-corrected chi connectivity index (χ1v) is 6.18. The van der Waals surface area contributed by atoms with E-state index in [1.54, 1.807) is 30.3 Å². The molecule has 0 aliphatic rings. The molecule has 5 heteroatoms. The van der Waals surface area contributed by atoms with E-state index in [-0.39, 0.29) is 19.2 Å². The minimum absolute atomic E-state index is 0.0300. The van der Waals surface area contributed by atoms with Crippen molar-refractivity contribution in [3.63, 3.8) is 0 Å². The summed E-state index contributed by atoms with van der Waals surface area (Å²) in [5.41, 5.74) is 0.490. The monoisotopic (exact) mass is 276 g/mol. The summed E-state index contributed by atoms with van der Waals surface area (Å²) in [5.74, 6) is 0.217. The molecule has 2 rings (SSSR count). The number of carbonyl (C=O) groups is 1. The number of fused-ring (bicyclic) bond motifs is 1. The molecule has 0 aromatic heterocycles. The van der Waals surface area contributed by atoms with Gasteiger partial charge in [0.25, 0.3) is 0 Å². The molecule has 2 N–H and O–H groups in total. The topological polar surface area (TPSA) is 76.0 Å². The van der Waals surface area contributed by atoms with Crippen LogP contribution in [0.2, 0.25) is 0 Å². The second kappa shape index (κ2) is 6.36. The molecule has 0 spiro atoms. The average Bonchev–Trinajstić information content (AvgIpc) is 2.50. The van der Waals surface area contributed by atoms with Gasteiger partial charge >= 0.3 is 5.97 Å². The molecule has 106 valence electrons. The third-order valence-corrected chi connectivity index (χ3v) is 2.89. The Labute approximate surface area is 116 Å². The second-order valence-corrected chi connectivity index (χ2v) is 4.36. The third-order valence-electron chi connectivity index (χ3n) is 2.89. The molecule has 0 amide bonds. The Bertz CT molecular complexity index is 608. The Morgan fingerprint density at radius 1 is 1.20 bits per heavy atom. The van der Waals surface area contributed by atoms with Crippen LogP contribution in [0.1, 0.15) is 10.4 Å². The van der Waals surface area contributed by atoms with Crippen LogP contribution in [0.25, 0.3) is 10.8 Å². The lowest BCUT2D eigenvalue weighted by atomic mass is 10.1. The van der Waals surface area contributed by atoms with Crippen LogP contribution in [0.5, 0.6) is 5.75 Å². The van der Waals surface area contributed by atoms with Crippen LogP contribution in [-0.4, -0.2) is 42.6 Å². The van der Waals surface area contributed by atoms with Crippen molar-refractivity contribution in [3.8, 4) is 5.75 Å². The van der Waals surface area contributed by atoms with Gasteiger partial charge in [0.15, 0.2) is 0 Å². The first kappa shape index (κ1) is 14.3. The molecule has 2 aromatic rings. The summed E-state index contributed by atoms with van der Waals surface area (Å²) in [6, 6.07) is 10.6. The number of benzene rings is 2. The number of hydrogen-bond acceptors (Lipinski definition) is 5. The van der Waals surface area contributed by atoms with Crippen molar-refractivity contribution in [2.24, 2.45) is 0 Å². The Morgan fingerprint density at radius 2 is 1.90 bits per heavy atom. The maximum absolute atomic E-state index is 11.4. The highest BCUT2D eigenvalue weighted by Crippen LogP contribution is 2.22. The van der Waals surface area contributed by atoms with E-state index < -0.39 is 6.10 Å². The van der Waals surface area contributed by atoms with Gasteiger partial charge in [0, 0.05) is 0 Å². The van der Waals surface area contributed by atoms with Gasteiger partial charge in [-0.1, -0.05) is 12.1 Å². The van der Waals surface area contributed by atoms with Crippen molar-refractivity contribution < 1.29 is 24.5 Å².